The fourth-order valence-electron chi connectivity index (χ4n) is 1.73. The highest BCUT2D eigenvalue weighted by Crippen LogP contribution is 2.21. The van der Waals surface area contributed by atoms with E-state index in [2.05, 4.69) is 37.0 Å². The van der Waals surface area contributed by atoms with Crippen LogP contribution in [0.5, 0.6) is 0 Å². The number of aromatic nitrogens is 3. The molecule has 2 N–H and O–H groups in total. The minimum absolute atomic E-state index is 0.0986. The van der Waals surface area contributed by atoms with Crippen LogP contribution in [0.3, 0.4) is 0 Å². The molecule has 0 bridgehead atoms. The van der Waals surface area contributed by atoms with Crippen LogP contribution in [0.15, 0.2) is 52.4 Å². The van der Waals surface area contributed by atoms with E-state index in [-0.39, 0.29) is 5.69 Å². The van der Waals surface area contributed by atoms with Gasteiger partial charge in [0.2, 0.25) is 0 Å². The maximum Gasteiger partial charge on any atom is 0.291 e. The van der Waals surface area contributed by atoms with Crippen LogP contribution in [0.25, 0.3) is 5.69 Å². The minimum Gasteiger partial charge on any atom is -0.266 e. The largest absolute Gasteiger partial charge is 0.291 e. The first-order valence-electron chi connectivity index (χ1n) is 6.47. The number of para-hydroxylation sites is 1. The van der Waals surface area contributed by atoms with Gasteiger partial charge in [0.05, 0.1) is 20.5 Å². The Kier molecular flexibility index (Phi) is 4.49. The van der Waals surface area contributed by atoms with E-state index in [4.69, 9.17) is 0 Å². The first kappa shape index (κ1) is 15.4. The average Bonchev–Trinajstić information content (AvgIpc) is 3.22. The van der Waals surface area contributed by atoms with E-state index in [9.17, 15) is 9.59 Å². The molecule has 0 saturated carbocycles. The molecular formula is C14H10BrN5O2S. The lowest BCUT2D eigenvalue weighted by Crippen LogP contribution is -2.41. The molecule has 0 spiro atoms. The normalized spacial score (nSPS) is 10.3. The summed E-state index contributed by atoms with van der Waals surface area (Å²) in [4.78, 5) is 25.6. The molecule has 0 unspecified atom stereocenters. The van der Waals surface area contributed by atoms with E-state index in [1.165, 1.54) is 22.3 Å². The number of nitrogens with one attached hydrogen (secondary N) is 2. The summed E-state index contributed by atoms with van der Waals surface area (Å²) in [6.45, 7) is 0. The zero-order valence-electron chi connectivity index (χ0n) is 11.6. The molecule has 2 aromatic heterocycles. The van der Waals surface area contributed by atoms with Crippen molar-refractivity contribution in [1.29, 1.82) is 0 Å². The summed E-state index contributed by atoms with van der Waals surface area (Å²) < 4.78 is 0.833. The van der Waals surface area contributed by atoms with Gasteiger partial charge >= 0.3 is 0 Å². The predicted octanol–water partition coefficient (Wildman–Crippen LogP) is 2.17. The van der Waals surface area contributed by atoms with Crippen LogP contribution < -0.4 is 10.9 Å². The third kappa shape index (κ3) is 3.63. The van der Waals surface area contributed by atoms with Crippen molar-refractivity contribution in [1.82, 2.24) is 25.8 Å². The quantitative estimate of drug-likeness (QED) is 0.669. The number of rotatable bonds is 3. The SMILES string of the molecule is O=C(NNC(=O)c1ccc(Br)s1)c1cnn(-c2ccccc2)n1. The topological polar surface area (TPSA) is 88.9 Å². The second kappa shape index (κ2) is 6.71. The smallest absolute Gasteiger partial charge is 0.266 e. The molecule has 2 heterocycles. The Morgan fingerprint density at radius 2 is 1.78 bits per heavy atom. The van der Waals surface area contributed by atoms with Gasteiger partial charge in [-0.25, -0.2) is 0 Å². The number of hydrogen-bond acceptors (Lipinski definition) is 5. The summed E-state index contributed by atoms with van der Waals surface area (Å²) in [6, 6.07) is 12.6. The third-order valence-electron chi connectivity index (χ3n) is 2.80. The number of amides is 2. The zero-order chi connectivity index (χ0) is 16.2. The molecule has 2 amide bonds. The van der Waals surface area contributed by atoms with Gasteiger partial charge in [-0.05, 0) is 40.2 Å². The van der Waals surface area contributed by atoms with E-state index in [0.717, 1.165) is 9.47 Å². The van der Waals surface area contributed by atoms with Gasteiger partial charge in [0.25, 0.3) is 11.8 Å². The molecule has 0 aliphatic rings. The first-order valence-corrected chi connectivity index (χ1v) is 8.08. The number of carbonyl (C=O) groups excluding carboxylic acids is 2. The van der Waals surface area contributed by atoms with Crippen molar-refractivity contribution in [2.24, 2.45) is 0 Å². The highest BCUT2D eigenvalue weighted by Gasteiger charge is 2.14. The van der Waals surface area contributed by atoms with E-state index in [1.54, 1.807) is 12.1 Å². The van der Waals surface area contributed by atoms with Crippen LogP contribution >= 0.6 is 27.3 Å². The van der Waals surface area contributed by atoms with Gasteiger partial charge in [-0.1, -0.05) is 18.2 Å². The summed E-state index contributed by atoms with van der Waals surface area (Å²) >= 11 is 4.54. The fourth-order valence-corrected chi connectivity index (χ4v) is 3.01. The van der Waals surface area contributed by atoms with Gasteiger partial charge in [-0.15, -0.1) is 16.4 Å². The maximum absolute atomic E-state index is 12.0. The van der Waals surface area contributed by atoms with Crippen LogP contribution in [0, 0.1) is 0 Å². The van der Waals surface area contributed by atoms with Gasteiger partial charge < -0.3 is 0 Å². The first-order chi connectivity index (χ1) is 11.1. The minimum atomic E-state index is -0.545. The van der Waals surface area contributed by atoms with Crippen LogP contribution in [0.4, 0.5) is 0 Å². The second-order valence-electron chi connectivity index (χ2n) is 4.37. The number of nitrogens with zero attached hydrogens (tertiary/aromatic N) is 3. The molecule has 116 valence electrons. The number of hydrazine groups is 1. The Morgan fingerprint density at radius 3 is 2.48 bits per heavy atom. The van der Waals surface area contributed by atoms with Crippen molar-refractivity contribution in [3.05, 3.63) is 63.0 Å². The van der Waals surface area contributed by atoms with Crippen LogP contribution in [-0.4, -0.2) is 26.8 Å². The number of thiophene rings is 1. The Morgan fingerprint density at radius 1 is 1.04 bits per heavy atom. The Hall–Kier alpha value is -2.52. The monoisotopic (exact) mass is 391 g/mol. The third-order valence-corrected chi connectivity index (χ3v) is 4.42. The summed E-state index contributed by atoms with van der Waals surface area (Å²) in [5.74, 6) is -0.944. The van der Waals surface area contributed by atoms with Crippen molar-refractivity contribution in [2.75, 3.05) is 0 Å². The van der Waals surface area contributed by atoms with E-state index in [0.29, 0.717) is 4.88 Å². The highest BCUT2D eigenvalue weighted by atomic mass is 79.9. The summed E-state index contributed by atoms with van der Waals surface area (Å²) in [5, 5.41) is 8.10. The highest BCUT2D eigenvalue weighted by molar-refractivity contribution is 9.11. The number of halogens is 1. The molecule has 0 fully saturated rings. The van der Waals surface area contributed by atoms with Crippen molar-refractivity contribution < 1.29 is 9.59 Å². The number of benzene rings is 1. The number of carbonyl (C=O) groups is 2. The zero-order valence-corrected chi connectivity index (χ0v) is 14.0. The van der Waals surface area contributed by atoms with Crippen LogP contribution in [0.1, 0.15) is 20.2 Å². The Balaban J connectivity index is 1.63. The molecule has 23 heavy (non-hydrogen) atoms. The van der Waals surface area contributed by atoms with Crippen molar-refractivity contribution in [2.45, 2.75) is 0 Å². The van der Waals surface area contributed by atoms with E-state index >= 15 is 0 Å². The van der Waals surface area contributed by atoms with Gasteiger partial charge in [0, 0.05) is 0 Å². The second-order valence-corrected chi connectivity index (χ2v) is 6.83. The lowest BCUT2D eigenvalue weighted by molar-refractivity contribution is 0.0846. The summed E-state index contributed by atoms with van der Waals surface area (Å²) in [5.41, 5.74) is 5.48. The molecule has 1 aromatic carbocycles. The molecule has 0 radical (unpaired) electrons. The molecule has 0 atom stereocenters. The number of hydrogen-bond donors (Lipinski definition) is 2. The molecule has 7 nitrogen and oxygen atoms in total. The molecule has 3 rings (SSSR count). The molecule has 9 heteroatoms. The van der Waals surface area contributed by atoms with Gasteiger partial charge in [-0.2, -0.15) is 9.90 Å². The van der Waals surface area contributed by atoms with Crippen molar-refractivity contribution in [3.8, 4) is 5.69 Å². The van der Waals surface area contributed by atoms with Gasteiger partial charge in [0.1, 0.15) is 0 Å². The van der Waals surface area contributed by atoms with Gasteiger partial charge in [-0.3, -0.25) is 20.4 Å². The Labute approximate surface area is 143 Å². The van der Waals surface area contributed by atoms with Crippen LogP contribution in [0.2, 0.25) is 0 Å². The molecule has 0 aliphatic carbocycles. The van der Waals surface area contributed by atoms with Crippen molar-refractivity contribution >= 4 is 39.1 Å². The molecule has 3 aromatic rings. The maximum atomic E-state index is 12.0. The molecule has 0 saturated heterocycles. The molecule has 0 aliphatic heterocycles. The average molecular weight is 392 g/mol. The standard InChI is InChI=1S/C14H10BrN5O2S/c15-12-7-6-11(23-12)14(22)18-17-13(21)10-8-16-20(19-10)9-4-2-1-3-5-9/h1-8H,(H,17,21)(H,18,22). The van der Waals surface area contributed by atoms with E-state index < -0.39 is 11.8 Å². The molecular weight excluding hydrogens is 382 g/mol. The lowest BCUT2D eigenvalue weighted by Gasteiger charge is -2.03. The Bertz CT molecular complexity index is 846. The van der Waals surface area contributed by atoms with Gasteiger partial charge in [0.15, 0.2) is 5.69 Å². The van der Waals surface area contributed by atoms with Crippen LogP contribution in [-0.2, 0) is 0 Å². The lowest BCUT2D eigenvalue weighted by atomic mass is 10.3. The van der Waals surface area contributed by atoms with E-state index in [1.807, 2.05) is 30.3 Å². The summed E-state index contributed by atoms with van der Waals surface area (Å²) in [7, 11) is 0. The van der Waals surface area contributed by atoms with Crippen molar-refractivity contribution in [3.63, 3.8) is 0 Å². The fraction of sp³-hybridized carbons (Fsp3) is 0. The predicted molar refractivity (Wildman–Crippen MR) is 88.3 cm³/mol. The summed E-state index contributed by atoms with van der Waals surface area (Å²) in [6.07, 6.45) is 1.33.